The molecule has 0 saturated carbocycles. The maximum Gasteiger partial charge on any atom is 0.0625 e. The minimum Gasteiger partial charge on any atom is -0.276 e. The van der Waals surface area contributed by atoms with Gasteiger partial charge in [-0.2, -0.15) is 0 Å². The molecule has 18 heavy (non-hydrogen) atoms. The second-order valence-electron chi connectivity index (χ2n) is 5.09. The van der Waals surface area contributed by atoms with E-state index in [1.807, 2.05) is 0 Å². The van der Waals surface area contributed by atoms with Crippen LogP contribution in [0.1, 0.15) is 40.0 Å². The molecule has 0 aromatic carbocycles. The third-order valence-electron chi connectivity index (χ3n) is 2.57. The maximum atomic E-state index is 3.09. The highest BCUT2D eigenvalue weighted by molar-refractivity contribution is 5.28. The first-order chi connectivity index (χ1) is 8.61. The molecule has 0 unspecified atom stereocenters. The second kappa shape index (κ2) is 7.51. The molecule has 0 fully saturated rings. The van der Waals surface area contributed by atoms with Crippen molar-refractivity contribution in [2.24, 2.45) is 0 Å². The fraction of sp³-hybridized carbons (Fsp3) is 0.529. The van der Waals surface area contributed by atoms with Crippen molar-refractivity contribution in [3.8, 4) is 47.4 Å². The molecule has 0 radical (unpaired) electrons. The monoisotopic (exact) mass is 237 g/mol. The molecular formula is C17H19N. The molecule has 0 atom stereocenters. The molecule has 0 aromatic rings. The Balaban J connectivity index is 2.79. The van der Waals surface area contributed by atoms with Crippen LogP contribution in [-0.2, 0) is 0 Å². The quantitative estimate of drug-likeness (QED) is 0.584. The van der Waals surface area contributed by atoms with Crippen LogP contribution >= 0.6 is 0 Å². The molecule has 0 saturated heterocycles. The van der Waals surface area contributed by atoms with Gasteiger partial charge in [0.2, 0.25) is 0 Å². The molecule has 0 spiro atoms. The van der Waals surface area contributed by atoms with Crippen LogP contribution in [0.5, 0.6) is 0 Å². The van der Waals surface area contributed by atoms with Crippen molar-refractivity contribution in [1.29, 1.82) is 0 Å². The Morgan fingerprint density at radius 3 is 1.61 bits per heavy atom. The summed E-state index contributed by atoms with van der Waals surface area (Å²) in [5.41, 5.74) is 0.0568. The van der Waals surface area contributed by atoms with E-state index in [9.17, 15) is 0 Å². The van der Waals surface area contributed by atoms with Crippen LogP contribution in [0.25, 0.3) is 0 Å². The molecule has 0 bridgehead atoms. The molecule has 1 heterocycles. The van der Waals surface area contributed by atoms with Crippen LogP contribution in [-0.4, -0.2) is 23.5 Å². The summed E-state index contributed by atoms with van der Waals surface area (Å²) in [6.07, 6.45) is 2.72. The minimum atomic E-state index is 0.0568. The summed E-state index contributed by atoms with van der Waals surface area (Å²) in [6.45, 7) is 7.88. The second-order valence-corrected chi connectivity index (χ2v) is 5.09. The molecule has 0 aliphatic carbocycles. The van der Waals surface area contributed by atoms with Crippen molar-refractivity contribution in [2.45, 2.75) is 45.6 Å². The lowest BCUT2D eigenvalue weighted by molar-refractivity contribution is 0.179. The van der Waals surface area contributed by atoms with Gasteiger partial charge in [-0.25, -0.2) is 0 Å². The average molecular weight is 237 g/mol. The molecule has 1 nitrogen and oxygen atoms in total. The van der Waals surface area contributed by atoms with Crippen molar-refractivity contribution in [3.63, 3.8) is 0 Å². The van der Waals surface area contributed by atoms with Crippen LogP contribution in [0.4, 0.5) is 0 Å². The predicted molar refractivity (Wildman–Crippen MR) is 76.3 cm³/mol. The van der Waals surface area contributed by atoms with E-state index in [1.165, 1.54) is 0 Å². The Bertz CT molecular complexity index is 461. The summed E-state index contributed by atoms with van der Waals surface area (Å²) < 4.78 is 0. The Morgan fingerprint density at radius 2 is 1.17 bits per heavy atom. The fourth-order valence-electron chi connectivity index (χ4n) is 1.37. The number of hydrogen-bond acceptors (Lipinski definition) is 1. The van der Waals surface area contributed by atoms with E-state index in [0.717, 1.165) is 19.3 Å². The fourth-order valence-corrected chi connectivity index (χ4v) is 1.37. The van der Waals surface area contributed by atoms with Crippen molar-refractivity contribution in [3.05, 3.63) is 0 Å². The zero-order chi connectivity index (χ0) is 13.3. The highest BCUT2D eigenvalue weighted by Crippen LogP contribution is 2.11. The third-order valence-corrected chi connectivity index (χ3v) is 2.57. The van der Waals surface area contributed by atoms with E-state index in [4.69, 9.17) is 0 Å². The van der Waals surface area contributed by atoms with Crippen molar-refractivity contribution in [2.75, 3.05) is 13.1 Å². The molecular weight excluding hydrogens is 218 g/mol. The summed E-state index contributed by atoms with van der Waals surface area (Å²) in [4.78, 5) is 2.22. The van der Waals surface area contributed by atoms with E-state index < -0.39 is 0 Å². The van der Waals surface area contributed by atoms with Gasteiger partial charge in [0, 0.05) is 18.4 Å². The van der Waals surface area contributed by atoms with Gasteiger partial charge in [0.15, 0.2) is 0 Å². The zero-order valence-corrected chi connectivity index (χ0v) is 11.5. The SMILES string of the molecule is CC(C)(C)N1CC#CC#CCCCC#CC#CC1. The van der Waals surface area contributed by atoms with Gasteiger partial charge in [-0.05, 0) is 50.9 Å². The molecule has 1 aliphatic rings. The lowest BCUT2D eigenvalue weighted by atomic mass is 10.1. The standard InChI is InChI=1S/C17H19N/c1-17(2,3)18-15-13-11-9-7-5-4-6-8-10-12-14-16-18/h4-6,15-16H2,1-3H3. The molecule has 1 heteroatoms. The molecule has 0 amide bonds. The van der Waals surface area contributed by atoms with Crippen molar-refractivity contribution >= 4 is 0 Å². The van der Waals surface area contributed by atoms with E-state index in [1.54, 1.807) is 0 Å². The Hall–Kier alpha value is -1.80. The highest BCUT2D eigenvalue weighted by atomic mass is 15.2. The molecule has 0 N–H and O–H groups in total. The highest BCUT2D eigenvalue weighted by Gasteiger charge is 2.18. The zero-order valence-electron chi connectivity index (χ0n) is 11.5. The Labute approximate surface area is 111 Å². The lowest BCUT2D eigenvalue weighted by Gasteiger charge is -2.32. The molecule has 0 aromatic heterocycles. The first-order valence-electron chi connectivity index (χ1n) is 6.27. The predicted octanol–water partition coefficient (Wildman–Crippen LogP) is 2.28. The first kappa shape index (κ1) is 14.3. The van der Waals surface area contributed by atoms with Crippen LogP contribution in [0.3, 0.4) is 0 Å². The molecule has 92 valence electrons. The summed E-state index contributed by atoms with van der Waals surface area (Å²) >= 11 is 0. The van der Waals surface area contributed by atoms with E-state index >= 15 is 0 Å². The van der Waals surface area contributed by atoms with E-state index in [-0.39, 0.29) is 5.54 Å². The normalized spacial score (nSPS) is 16.4. The van der Waals surface area contributed by atoms with Gasteiger partial charge in [-0.3, -0.25) is 4.90 Å². The Morgan fingerprint density at radius 1 is 0.722 bits per heavy atom. The molecule has 1 aliphatic heterocycles. The lowest BCUT2D eigenvalue weighted by Crippen LogP contribution is -2.41. The van der Waals surface area contributed by atoms with Gasteiger partial charge in [0.25, 0.3) is 0 Å². The average Bonchev–Trinajstić information content (AvgIpc) is 2.30. The summed E-state index contributed by atoms with van der Waals surface area (Å²) in [5.74, 6) is 23.9. The largest absolute Gasteiger partial charge is 0.276 e. The third kappa shape index (κ3) is 6.06. The van der Waals surface area contributed by atoms with Crippen molar-refractivity contribution in [1.82, 2.24) is 4.90 Å². The van der Waals surface area contributed by atoms with Gasteiger partial charge >= 0.3 is 0 Å². The number of nitrogens with zero attached hydrogens (tertiary/aromatic N) is 1. The first-order valence-corrected chi connectivity index (χ1v) is 6.27. The van der Waals surface area contributed by atoms with E-state index in [0.29, 0.717) is 13.1 Å². The smallest absolute Gasteiger partial charge is 0.0625 e. The van der Waals surface area contributed by atoms with Crippen LogP contribution in [0.15, 0.2) is 0 Å². The van der Waals surface area contributed by atoms with Crippen LogP contribution < -0.4 is 0 Å². The van der Waals surface area contributed by atoms with Gasteiger partial charge in [0.1, 0.15) is 0 Å². The van der Waals surface area contributed by atoms with Crippen LogP contribution in [0.2, 0.25) is 0 Å². The summed E-state index contributed by atoms with van der Waals surface area (Å²) in [5, 5.41) is 0. The summed E-state index contributed by atoms with van der Waals surface area (Å²) in [7, 11) is 0. The van der Waals surface area contributed by atoms with Gasteiger partial charge < -0.3 is 0 Å². The van der Waals surface area contributed by atoms with Gasteiger partial charge in [0.05, 0.1) is 13.1 Å². The maximum absolute atomic E-state index is 3.09. The summed E-state index contributed by atoms with van der Waals surface area (Å²) in [6, 6.07) is 0. The minimum absolute atomic E-state index is 0.0568. The number of rotatable bonds is 0. The topological polar surface area (TPSA) is 3.24 Å². The molecule has 1 rings (SSSR count). The van der Waals surface area contributed by atoms with Gasteiger partial charge in [-0.15, -0.1) is 0 Å². The van der Waals surface area contributed by atoms with E-state index in [2.05, 4.69) is 73.0 Å². The van der Waals surface area contributed by atoms with Crippen molar-refractivity contribution < 1.29 is 0 Å². The Kier molecular flexibility index (Phi) is 5.95. The van der Waals surface area contributed by atoms with Crippen LogP contribution in [0, 0.1) is 47.4 Å². The van der Waals surface area contributed by atoms with Gasteiger partial charge in [-0.1, -0.05) is 23.7 Å². The number of hydrogen-bond donors (Lipinski definition) is 0.